The zero-order valence-electron chi connectivity index (χ0n) is 8.66. The van der Waals surface area contributed by atoms with Crippen molar-refractivity contribution < 1.29 is 4.39 Å². The number of nitrogens with zero attached hydrogens (tertiary/aromatic N) is 3. The normalized spacial score (nSPS) is 17.2. The second-order valence-electron chi connectivity index (χ2n) is 3.80. The molecule has 0 radical (unpaired) electrons. The number of hydrogen-bond acceptors (Lipinski definition) is 3. The third-order valence-corrected chi connectivity index (χ3v) is 3.11. The Bertz CT molecular complexity index is 422. The number of halogens is 2. The highest BCUT2D eigenvalue weighted by atomic mass is 79.9. The first-order chi connectivity index (χ1) is 7.70. The van der Waals surface area contributed by atoms with E-state index in [1.165, 1.54) is 0 Å². The molecule has 0 atom stereocenters. The second-order valence-corrected chi connectivity index (χ2v) is 4.71. The summed E-state index contributed by atoms with van der Waals surface area (Å²) < 4.78 is 13.8. The maximum absolute atomic E-state index is 13.0. The van der Waals surface area contributed by atoms with Crippen molar-refractivity contribution in [1.29, 1.82) is 5.26 Å². The molecule has 16 heavy (non-hydrogen) atoms. The van der Waals surface area contributed by atoms with Crippen molar-refractivity contribution >= 4 is 21.7 Å². The van der Waals surface area contributed by atoms with Crippen molar-refractivity contribution in [3.8, 4) is 6.07 Å². The van der Waals surface area contributed by atoms with Crippen molar-refractivity contribution in [2.45, 2.75) is 19.0 Å². The molecule has 84 valence electrons. The van der Waals surface area contributed by atoms with Gasteiger partial charge in [-0.05, 0) is 34.8 Å². The van der Waals surface area contributed by atoms with Gasteiger partial charge in [0.1, 0.15) is 18.1 Å². The van der Waals surface area contributed by atoms with E-state index in [0.717, 1.165) is 4.47 Å². The fourth-order valence-corrected chi connectivity index (χ4v) is 2.16. The number of alkyl halides is 1. The van der Waals surface area contributed by atoms with Crippen LogP contribution in [0.4, 0.5) is 10.2 Å². The summed E-state index contributed by atoms with van der Waals surface area (Å²) >= 11 is 3.28. The molecular weight excluding hydrogens is 273 g/mol. The first kappa shape index (κ1) is 11.3. The third kappa shape index (κ3) is 2.33. The molecule has 1 aromatic rings. The van der Waals surface area contributed by atoms with Crippen LogP contribution in [0.2, 0.25) is 0 Å². The van der Waals surface area contributed by atoms with E-state index < -0.39 is 6.17 Å². The summed E-state index contributed by atoms with van der Waals surface area (Å²) in [5, 5.41) is 9.01. The van der Waals surface area contributed by atoms with E-state index in [9.17, 15) is 4.39 Å². The maximum Gasteiger partial charge on any atom is 0.146 e. The van der Waals surface area contributed by atoms with Crippen LogP contribution in [0.15, 0.2) is 16.7 Å². The molecule has 2 heterocycles. The van der Waals surface area contributed by atoms with Gasteiger partial charge in [0.15, 0.2) is 0 Å². The number of anilines is 1. The average Bonchev–Trinajstić information content (AvgIpc) is 2.30. The molecule has 0 N–H and O–H groups in total. The van der Waals surface area contributed by atoms with E-state index in [4.69, 9.17) is 5.26 Å². The number of piperidine rings is 1. The van der Waals surface area contributed by atoms with Crippen molar-refractivity contribution in [3.63, 3.8) is 0 Å². The highest BCUT2D eigenvalue weighted by molar-refractivity contribution is 9.10. The summed E-state index contributed by atoms with van der Waals surface area (Å²) in [5.74, 6) is 0.664. The quantitative estimate of drug-likeness (QED) is 0.796. The maximum atomic E-state index is 13.0. The fraction of sp³-hybridized carbons (Fsp3) is 0.455. The van der Waals surface area contributed by atoms with E-state index in [2.05, 4.69) is 27.0 Å². The number of aromatic nitrogens is 1. The predicted molar refractivity (Wildman–Crippen MR) is 63.0 cm³/mol. The van der Waals surface area contributed by atoms with E-state index in [-0.39, 0.29) is 0 Å². The van der Waals surface area contributed by atoms with E-state index in [1.54, 1.807) is 12.3 Å². The van der Waals surface area contributed by atoms with Crippen LogP contribution in [0, 0.1) is 11.3 Å². The lowest BCUT2D eigenvalue weighted by molar-refractivity contribution is 0.276. The van der Waals surface area contributed by atoms with Gasteiger partial charge >= 0.3 is 0 Å². The topological polar surface area (TPSA) is 39.9 Å². The Morgan fingerprint density at radius 2 is 2.19 bits per heavy atom. The van der Waals surface area contributed by atoms with Gasteiger partial charge in [0, 0.05) is 23.8 Å². The zero-order chi connectivity index (χ0) is 11.5. The van der Waals surface area contributed by atoms with Crippen LogP contribution in [0.1, 0.15) is 18.4 Å². The minimum atomic E-state index is -0.711. The Hall–Kier alpha value is -1.15. The van der Waals surface area contributed by atoms with Gasteiger partial charge in [-0.2, -0.15) is 5.26 Å². The summed E-state index contributed by atoms with van der Waals surface area (Å²) in [4.78, 5) is 6.21. The number of hydrogen-bond donors (Lipinski definition) is 0. The lowest BCUT2D eigenvalue weighted by Crippen LogP contribution is -2.35. The molecule has 1 aliphatic rings. The highest BCUT2D eigenvalue weighted by Crippen LogP contribution is 2.24. The van der Waals surface area contributed by atoms with E-state index in [1.807, 2.05) is 4.90 Å². The standard InChI is InChI=1S/C11H11BrFN3/c12-9-5-8(6-14)11(15-7-9)16-3-1-10(13)2-4-16/h5,7,10H,1-4H2. The number of nitriles is 1. The van der Waals surface area contributed by atoms with Gasteiger partial charge in [0.2, 0.25) is 0 Å². The molecule has 1 fully saturated rings. The molecule has 0 saturated carbocycles. The van der Waals surface area contributed by atoms with Crippen LogP contribution in [-0.2, 0) is 0 Å². The van der Waals surface area contributed by atoms with Crippen LogP contribution >= 0.6 is 15.9 Å². The predicted octanol–water partition coefficient (Wildman–Crippen LogP) is 2.65. The molecule has 0 aliphatic carbocycles. The molecule has 5 heteroatoms. The number of pyridine rings is 1. The van der Waals surface area contributed by atoms with Crippen molar-refractivity contribution in [1.82, 2.24) is 4.98 Å². The third-order valence-electron chi connectivity index (χ3n) is 2.68. The molecule has 0 spiro atoms. The van der Waals surface area contributed by atoms with Crippen molar-refractivity contribution in [2.24, 2.45) is 0 Å². The smallest absolute Gasteiger partial charge is 0.146 e. The van der Waals surface area contributed by atoms with Crippen LogP contribution in [0.25, 0.3) is 0 Å². The highest BCUT2D eigenvalue weighted by Gasteiger charge is 2.21. The minimum Gasteiger partial charge on any atom is -0.355 e. The average molecular weight is 284 g/mol. The SMILES string of the molecule is N#Cc1cc(Br)cnc1N1CCC(F)CC1. The minimum absolute atomic E-state index is 0.516. The summed E-state index contributed by atoms with van der Waals surface area (Å²) in [7, 11) is 0. The van der Waals surface area contributed by atoms with Crippen LogP contribution < -0.4 is 4.90 Å². The molecule has 1 aromatic heterocycles. The molecule has 2 rings (SSSR count). The van der Waals surface area contributed by atoms with E-state index in [0.29, 0.717) is 37.3 Å². The van der Waals surface area contributed by atoms with Gasteiger partial charge < -0.3 is 4.90 Å². The summed E-state index contributed by atoms with van der Waals surface area (Å²) in [6.45, 7) is 1.26. The van der Waals surface area contributed by atoms with Crippen molar-refractivity contribution in [3.05, 3.63) is 22.3 Å². The summed E-state index contributed by atoms with van der Waals surface area (Å²) in [5.41, 5.74) is 0.534. The molecule has 0 bridgehead atoms. The Labute approximate surface area is 102 Å². The first-order valence-electron chi connectivity index (χ1n) is 5.15. The van der Waals surface area contributed by atoms with Crippen LogP contribution in [0.3, 0.4) is 0 Å². The molecule has 1 saturated heterocycles. The first-order valence-corrected chi connectivity index (χ1v) is 5.94. The Kier molecular flexibility index (Phi) is 3.39. The van der Waals surface area contributed by atoms with Gasteiger partial charge in [-0.15, -0.1) is 0 Å². The largest absolute Gasteiger partial charge is 0.355 e. The zero-order valence-corrected chi connectivity index (χ0v) is 10.2. The van der Waals surface area contributed by atoms with Crippen LogP contribution in [-0.4, -0.2) is 24.2 Å². The van der Waals surface area contributed by atoms with Crippen molar-refractivity contribution in [2.75, 3.05) is 18.0 Å². The van der Waals surface area contributed by atoms with Gasteiger partial charge in [-0.3, -0.25) is 0 Å². The lowest BCUT2D eigenvalue weighted by atomic mass is 10.1. The van der Waals surface area contributed by atoms with Gasteiger partial charge in [0.25, 0.3) is 0 Å². The Balaban J connectivity index is 2.24. The summed E-state index contributed by atoms with van der Waals surface area (Å²) in [6, 6.07) is 3.86. The van der Waals surface area contributed by atoms with Gasteiger partial charge in [-0.1, -0.05) is 0 Å². The molecule has 0 aromatic carbocycles. The Morgan fingerprint density at radius 1 is 1.50 bits per heavy atom. The monoisotopic (exact) mass is 283 g/mol. The van der Waals surface area contributed by atoms with Gasteiger partial charge in [0.05, 0.1) is 5.56 Å². The fourth-order valence-electron chi connectivity index (χ4n) is 1.83. The molecule has 0 unspecified atom stereocenters. The molecule has 1 aliphatic heterocycles. The van der Waals surface area contributed by atoms with Crippen LogP contribution in [0.5, 0.6) is 0 Å². The molecule has 0 amide bonds. The summed E-state index contributed by atoms with van der Waals surface area (Å²) in [6.07, 6.45) is 1.99. The molecule has 3 nitrogen and oxygen atoms in total. The Morgan fingerprint density at radius 3 is 2.81 bits per heavy atom. The lowest BCUT2D eigenvalue weighted by Gasteiger charge is -2.30. The van der Waals surface area contributed by atoms with E-state index >= 15 is 0 Å². The number of rotatable bonds is 1. The second kappa shape index (κ2) is 4.79. The molecular formula is C11H11BrFN3. The van der Waals surface area contributed by atoms with Gasteiger partial charge in [-0.25, -0.2) is 9.37 Å².